The van der Waals surface area contributed by atoms with E-state index in [0.717, 1.165) is 22.2 Å². The molecule has 0 fully saturated rings. The molecule has 0 aliphatic carbocycles. The van der Waals surface area contributed by atoms with Crippen molar-refractivity contribution >= 4 is 34.0 Å². The second-order valence-corrected chi connectivity index (χ2v) is 6.45. The van der Waals surface area contributed by atoms with Gasteiger partial charge in [-0.3, -0.25) is 5.10 Å². The van der Waals surface area contributed by atoms with Crippen LogP contribution in [0.5, 0.6) is 17.4 Å². The van der Waals surface area contributed by atoms with Crippen LogP contribution in [0.3, 0.4) is 0 Å². The van der Waals surface area contributed by atoms with Crippen LogP contribution < -0.4 is 14.8 Å². The highest BCUT2D eigenvalue weighted by Gasteiger charge is 2.11. The third-order valence-electron chi connectivity index (χ3n) is 4.00. The van der Waals surface area contributed by atoms with Crippen LogP contribution in [-0.4, -0.2) is 22.3 Å². The maximum atomic E-state index is 6.04. The predicted octanol–water partition coefficient (Wildman–Crippen LogP) is 5.46. The number of nitrogens with zero attached hydrogens (tertiary/aromatic N) is 2. The number of H-pyrrole nitrogens is 1. The number of nitrogens with one attached hydrogen (secondary N) is 2. The summed E-state index contributed by atoms with van der Waals surface area (Å²) >= 11 is 5.96. The Balaban J connectivity index is 1.77. The summed E-state index contributed by atoms with van der Waals surface area (Å²) in [6, 6.07) is 16.7. The number of hydrogen-bond acceptors (Lipinski definition) is 5. The van der Waals surface area contributed by atoms with E-state index in [9.17, 15) is 0 Å². The molecule has 0 unspecified atom stereocenters. The molecule has 6 nitrogen and oxygen atoms in total. The van der Waals surface area contributed by atoms with Gasteiger partial charge >= 0.3 is 0 Å². The first-order valence-electron chi connectivity index (χ1n) is 8.32. The summed E-state index contributed by atoms with van der Waals surface area (Å²) in [6.45, 7) is 1.94. The maximum absolute atomic E-state index is 6.04. The van der Waals surface area contributed by atoms with Crippen LogP contribution in [-0.2, 0) is 0 Å². The summed E-state index contributed by atoms with van der Waals surface area (Å²) in [4.78, 5) is 4.62. The Morgan fingerprint density at radius 2 is 1.74 bits per heavy atom. The molecule has 2 heterocycles. The van der Waals surface area contributed by atoms with Gasteiger partial charge in [-0.05, 0) is 54.8 Å². The zero-order valence-electron chi connectivity index (χ0n) is 14.8. The van der Waals surface area contributed by atoms with E-state index in [1.54, 1.807) is 31.4 Å². The number of ether oxygens (including phenoxy) is 2. The summed E-state index contributed by atoms with van der Waals surface area (Å²) in [6.07, 6.45) is 0. The number of hydrogen-bond donors (Lipinski definition) is 2. The standard InChI is InChI=1S/C20H17ClN4O2/c1-12-9-19(25-24-12)22-18-10-13-3-6-16(26-2)11-17(13)20(23-18)27-15-7-4-14(21)5-8-15/h3-11H,1-2H3,(H2,22,23,24,25). The minimum absolute atomic E-state index is 0.462. The molecule has 0 bridgehead atoms. The van der Waals surface area contributed by atoms with E-state index in [2.05, 4.69) is 20.5 Å². The first-order chi connectivity index (χ1) is 13.1. The van der Waals surface area contributed by atoms with Gasteiger partial charge in [0.1, 0.15) is 17.3 Å². The van der Waals surface area contributed by atoms with Crippen LogP contribution in [0.2, 0.25) is 5.02 Å². The first kappa shape index (κ1) is 17.2. The summed E-state index contributed by atoms with van der Waals surface area (Å²) in [7, 11) is 1.63. The Morgan fingerprint density at radius 1 is 0.963 bits per heavy atom. The van der Waals surface area contributed by atoms with Crippen molar-refractivity contribution in [3.05, 3.63) is 65.3 Å². The first-order valence-corrected chi connectivity index (χ1v) is 8.70. The Kier molecular flexibility index (Phi) is 4.56. The summed E-state index contributed by atoms with van der Waals surface area (Å²) < 4.78 is 11.4. The third kappa shape index (κ3) is 3.80. The number of halogens is 1. The third-order valence-corrected chi connectivity index (χ3v) is 4.25. The molecule has 4 aromatic rings. The van der Waals surface area contributed by atoms with E-state index in [4.69, 9.17) is 21.1 Å². The minimum atomic E-state index is 0.462. The second kappa shape index (κ2) is 7.17. The Hall–Kier alpha value is -3.25. The van der Waals surface area contributed by atoms with Gasteiger partial charge in [0.25, 0.3) is 0 Å². The Bertz CT molecular complexity index is 1090. The van der Waals surface area contributed by atoms with Crippen molar-refractivity contribution < 1.29 is 9.47 Å². The fourth-order valence-corrected chi connectivity index (χ4v) is 2.82. The number of aryl methyl sites for hydroxylation is 1. The highest BCUT2D eigenvalue weighted by atomic mass is 35.5. The van der Waals surface area contributed by atoms with Crippen molar-refractivity contribution in [3.63, 3.8) is 0 Å². The fraction of sp³-hybridized carbons (Fsp3) is 0.100. The van der Waals surface area contributed by atoms with Crippen LogP contribution in [0.4, 0.5) is 11.6 Å². The van der Waals surface area contributed by atoms with E-state index in [1.165, 1.54) is 0 Å². The number of aromatic nitrogens is 3. The van der Waals surface area contributed by atoms with Crippen molar-refractivity contribution in [1.29, 1.82) is 0 Å². The van der Waals surface area contributed by atoms with E-state index in [-0.39, 0.29) is 0 Å². The molecule has 136 valence electrons. The topological polar surface area (TPSA) is 72.1 Å². The van der Waals surface area contributed by atoms with Crippen molar-refractivity contribution in [3.8, 4) is 17.4 Å². The lowest BCUT2D eigenvalue weighted by atomic mass is 10.1. The molecule has 27 heavy (non-hydrogen) atoms. The van der Waals surface area contributed by atoms with Gasteiger partial charge < -0.3 is 14.8 Å². The fourth-order valence-electron chi connectivity index (χ4n) is 2.69. The number of aromatic amines is 1. The van der Waals surface area contributed by atoms with Gasteiger partial charge in [-0.15, -0.1) is 0 Å². The maximum Gasteiger partial charge on any atom is 0.229 e. The lowest BCUT2D eigenvalue weighted by Gasteiger charge is -2.12. The Labute approximate surface area is 161 Å². The van der Waals surface area contributed by atoms with Crippen LogP contribution in [0, 0.1) is 6.92 Å². The molecule has 0 amide bonds. The van der Waals surface area contributed by atoms with Gasteiger partial charge in [-0.1, -0.05) is 17.7 Å². The second-order valence-electron chi connectivity index (χ2n) is 6.02. The van der Waals surface area contributed by atoms with Gasteiger partial charge in [-0.25, -0.2) is 0 Å². The largest absolute Gasteiger partial charge is 0.497 e. The van der Waals surface area contributed by atoms with E-state index < -0.39 is 0 Å². The van der Waals surface area contributed by atoms with Gasteiger partial charge in [-0.2, -0.15) is 10.1 Å². The number of fused-ring (bicyclic) bond motifs is 1. The molecule has 0 aliphatic rings. The quantitative estimate of drug-likeness (QED) is 0.480. The summed E-state index contributed by atoms with van der Waals surface area (Å²) in [5.41, 5.74) is 0.959. The molecular formula is C20H17ClN4O2. The summed E-state index contributed by atoms with van der Waals surface area (Å²) in [5.74, 6) is 3.15. The molecule has 0 spiro atoms. The highest BCUT2D eigenvalue weighted by Crippen LogP contribution is 2.33. The zero-order valence-corrected chi connectivity index (χ0v) is 15.5. The van der Waals surface area contributed by atoms with Gasteiger partial charge in [0.15, 0.2) is 5.82 Å². The minimum Gasteiger partial charge on any atom is -0.497 e. The highest BCUT2D eigenvalue weighted by molar-refractivity contribution is 6.30. The molecule has 4 rings (SSSR count). The van der Waals surface area contributed by atoms with Gasteiger partial charge in [0.05, 0.1) is 7.11 Å². The molecule has 2 N–H and O–H groups in total. The van der Waals surface area contributed by atoms with Crippen LogP contribution in [0.15, 0.2) is 54.6 Å². The molecule has 0 saturated heterocycles. The number of benzene rings is 2. The SMILES string of the molecule is COc1ccc2cc(Nc3cc(C)[nH]n3)nc(Oc3ccc(Cl)cc3)c2c1. The predicted molar refractivity (Wildman–Crippen MR) is 106 cm³/mol. The Morgan fingerprint density at radius 3 is 2.44 bits per heavy atom. The number of anilines is 2. The van der Waals surface area contributed by atoms with Crippen LogP contribution in [0.1, 0.15) is 5.69 Å². The number of pyridine rings is 1. The van der Waals surface area contributed by atoms with E-state index in [1.807, 2.05) is 37.3 Å². The van der Waals surface area contributed by atoms with Crippen molar-refractivity contribution in [2.24, 2.45) is 0 Å². The summed E-state index contributed by atoms with van der Waals surface area (Å²) in [5, 5.41) is 12.7. The molecule has 0 saturated carbocycles. The van der Waals surface area contributed by atoms with E-state index >= 15 is 0 Å². The molecule has 2 aromatic carbocycles. The zero-order chi connectivity index (χ0) is 18.8. The molecule has 0 atom stereocenters. The van der Waals surface area contributed by atoms with Crippen molar-refractivity contribution in [1.82, 2.24) is 15.2 Å². The molecule has 0 aliphatic heterocycles. The van der Waals surface area contributed by atoms with Crippen molar-refractivity contribution in [2.45, 2.75) is 6.92 Å². The van der Waals surface area contributed by atoms with Gasteiger partial charge in [0, 0.05) is 22.2 Å². The number of methoxy groups -OCH3 is 1. The smallest absolute Gasteiger partial charge is 0.229 e. The van der Waals surface area contributed by atoms with Gasteiger partial charge in [0.2, 0.25) is 5.88 Å². The average Bonchev–Trinajstić information content (AvgIpc) is 3.08. The lowest BCUT2D eigenvalue weighted by molar-refractivity contribution is 0.415. The lowest BCUT2D eigenvalue weighted by Crippen LogP contribution is -1.97. The van der Waals surface area contributed by atoms with Crippen LogP contribution in [0.25, 0.3) is 10.8 Å². The molecular weight excluding hydrogens is 364 g/mol. The monoisotopic (exact) mass is 380 g/mol. The molecule has 7 heteroatoms. The molecule has 2 aromatic heterocycles. The molecule has 0 radical (unpaired) electrons. The average molecular weight is 381 g/mol. The van der Waals surface area contributed by atoms with Crippen molar-refractivity contribution in [2.75, 3.05) is 12.4 Å². The number of rotatable bonds is 5. The van der Waals surface area contributed by atoms with E-state index in [0.29, 0.717) is 28.3 Å². The van der Waals surface area contributed by atoms with Crippen LogP contribution >= 0.6 is 11.6 Å². The normalized spacial score (nSPS) is 10.8.